The molecule has 0 aliphatic carbocycles. The van der Waals surface area contributed by atoms with Crippen LogP contribution in [0.15, 0.2) is 18.3 Å². The molecule has 1 aromatic carbocycles. The Kier molecular flexibility index (Phi) is 4.60. The Labute approximate surface area is 122 Å². The molecule has 1 atom stereocenters. The van der Waals surface area contributed by atoms with E-state index in [2.05, 4.69) is 10.6 Å². The van der Waals surface area contributed by atoms with Gasteiger partial charge in [-0.3, -0.25) is 0 Å². The number of hydrogen-bond donors (Lipinski definition) is 3. The fraction of sp³-hybridized carbons (Fsp3) is 0.385. The summed E-state index contributed by atoms with van der Waals surface area (Å²) in [5, 5.41) is 10.9. The van der Waals surface area contributed by atoms with Gasteiger partial charge in [-0.15, -0.1) is 0 Å². The highest BCUT2D eigenvalue weighted by atomic mass is 32.2. The molecule has 0 saturated heterocycles. The molecule has 1 aromatic rings. The first kappa shape index (κ1) is 15.9. The molecule has 1 heterocycles. The summed E-state index contributed by atoms with van der Waals surface area (Å²) in [6.07, 6.45) is 1.72. The molecular formula is C13H17F2N3O2S. The minimum atomic E-state index is -3.53. The van der Waals surface area contributed by atoms with Gasteiger partial charge in [-0.25, -0.2) is 22.3 Å². The molecule has 0 saturated carbocycles. The van der Waals surface area contributed by atoms with Gasteiger partial charge in [0, 0.05) is 25.3 Å². The van der Waals surface area contributed by atoms with Crippen LogP contribution in [0.1, 0.15) is 18.1 Å². The van der Waals surface area contributed by atoms with Crippen molar-refractivity contribution < 1.29 is 17.2 Å². The van der Waals surface area contributed by atoms with Crippen molar-refractivity contribution in [3.8, 4) is 0 Å². The number of primary sulfonamides is 1. The molecule has 8 heteroatoms. The van der Waals surface area contributed by atoms with E-state index in [1.807, 2.05) is 6.92 Å². The highest BCUT2D eigenvalue weighted by Gasteiger charge is 2.20. The van der Waals surface area contributed by atoms with E-state index >= 15 is 0 Å². The Bertz CT molecular complexity index is 674. The maximum Gasteiger partial charge on any atom is 0.210 e. The molecule has 0 bridgehead atoms. The molecule has 116 valence electrons. The predicted molar refractivity (Wildman–Crippen MR) is 76.6 cm³/mol. The number of fused-ring (bicyclic) bond motifs is 1. The molecule has 0 spiro atoms. The Morgan fingerprint density at radius 3 is 2.71 bits per heavy atom. The standard InChI is InChI=1S/C13H17F2N3O2S/c1-8(18-2-3-21(16,19)20)11-7-17-6-9-4-12(14)13(15)5-10(9)11/h4-5,7-8,17-18H,2-3,6H2,1H3,(H2,16,19,20). The number of nitrogens with one attached hydrogen (secondary N) is 2. The van der Waals surface area contributed by atoms with Crippen LogP contribution in [0.4, 0.5) is 8.78 Å². The lowest BCUT2D eigenvalue weighted by molar-refractivity contribution is 0.505. The summed E-state index contributed by atoms with van der Waals surface area (Å²) in [6.45, 7) is 2.41. The molecule has 0 aromatic heterocycles. The van der Waals surface area contributed by atoms with Crippen LogP contribution < -0.4 is 15.8 Å². The Balaban J connectivity index is 2.14. The molecule has 1 aliphatic rings. The third-order valence-corrected chi connectivity index (χ3v) is 4.08. The summed E-state index contributed by atoms with van der Waals surface area (Å²) in [4.78, 5) is 0. The summed E-state index contributed by atoms with van der Waals surface area (Å²) in [6, 6.07) is 2.10. The summed E-state index contributed by atoms with van der Waals surface area (Å²) in [7, 11) is -3.53. The van der Waals surface area contributed by atoms with Crippen LogP contribution in [0.5, 0.6) is 0 Å². The van der Waals surface area contributed by atoms with Crippen LogP contribution in [0.2, 0.25) is 0 Å². The fourth-order valence-corrected chi connectivity index (χ4v) is 2.64. The van der Waals surface area contributed by atoms with Crippen molar-refractivity contribution in [1.82, 2.24) is 10.6 Å². The summed E-state index contributed by atoms with van der Waals surface area (Å²) in [5.74, 6) is -1.98. The molecule has 0 fully saturated rings. The van der Waals surface area contributed by atoms with Crippen LogP contribution >= 0.6 is 0 Å². The molecule has 1 unspecified atom stereocenters. The smallest absolute Gasteiger partial charge is 0.210 e. The van der Waals surface area contributed by atoms with Crippen molar-refractivity contribution in [3.63, 3.8) is 0 Å². The third-order valence-electron chi connectivity index (χ3n) is 3.31. The van der Waals surface area contributed by atoms with Crippen LogP contribution in [0.25, 0.3) is 5.57 Å². The van der Waals surface area contributed by atoms with Gasteiger partial charge < -0.3 is 10.6 Å². The van der Waals surface area contributed by atoms with Gasteiger partial charge in [-0.05, 0) is 35.8 Å². The van der Waals surface area contributed by atoms with Crippen LogP contribution in [-0.2, 0) is 16.6 Å². The van der Waals surface area contributed by atoms with Gasteiger partial charge in [0.25, 0.3) is 0 Å². The van der Waals surface area contributed by atoms with E-state index in [-0.39, 0.29) is 18.3 Å². The average Bonchev–Trinajstić information content (AvgIpc) is 2.38. The van der Waals surface area contributed by atoms with Crippen LogP contribution in [-0.4, -0.2) is 26.8 Å². The second-order valence-corrected chi connectivity index (χ2v) is 6.68. The van der Waals surface area contributed by atoms with Gasteiger partial charge in [0.2, 0.25) is 10.0 Å². The fourth-order valence-electron chi connectivity index (χ4n) is 2.24. The topological polar surface area (TPSA) is 84.2 Å². The average molecular weight is 317 g/mol. The SMILES string of the molecule is CC(NCCS(N)(=O)=O)C1=CNCc2cc(F)c(F)cc21. The molecule has 0 amide bonds. The first-order chi connectivity index (χ1) is 9.78. The minimum Gasteiger partial charge on any atom is -0.387 e. The van der Waals surface area contributed by atoms with Gasteiger partial charge in [0.1, 0.15) is 0 Å². The summed E-state index contributed by atoms with van der Waals surface area (Å²) >= 11 is 0. The first-order valence-electron chi connectivity index (χ1n) is 6.43. The van der Waals surface area contributed by atoms with E-state index in [0.29, 0.717) is 17.7 Å². The number of nitrogens with two attached hydrogens (primary N) is 1. The lowest BCUT2D eigenvalue weighted by Crippen LogP contribution is -2.35. The predicted octanol–water partition coefficient (Wildman–Crippen LogP) is 0.676. The van der Waals surface area contributed by atoms with Gasteiger partial charge in [-0.2, -0.15) is 0 Å². The second kappa shape index (κ2) is 6.08. The lowest BCUT2D eigenvalue weighted by Gasteiger charge is -2.24. The van der Waals surface area contributed by atoms with Gasteiger partial charge in [0.15, 0.2) is 11.6 Å². The van der Waals surface area contributed by atoms with E-state index in [1.54, 1.807) is 6.20 Å². The summed E-state index contributed by atoms with van der Waals surface area (Å²) < 4.78 is 48.4. The molecular weight excluding hydrogens is 300 g/mol. The molecule has 1 aliphatic heterocycles. The van der Waals surface area contributed by atoms with Crippen molar-refractivity contribution in [3.05, 3.63) is 41.1 Å². The van der Waals surface area contributed by atoms with Crippen LogP contribution in [0, 0.1) is 11.6 Å². The molecule has 5 nitrogen and oxygen atoms in total. The van der Waals surface area contributed by atoms with E-state index in [0.717, 1.165) is 11.6 Å². The number of benzene rings is 1. The van der Waals surface area contributed by atoms with E-state index in [1.165, 1.54) is 6.07 Å². The van der Waals surface area contributed by atoms with E-state index in [9.17, 15) is 17.2 Å². The quantitative estimate of drug-likeness (QED) is 0.745. The van der Waals surface area contributed by atoms with E-state index in [4.69, 9.17) is 5.14 Å². The van der Waals surface area contributed by atoms with Crippen molar-refractivity contribution in [1.29, 1.82) is 0 Å². The zero-order valence-corrected chi connectivity index (χ0v) is 12.3. The highest BCUT2D eigenvalue weighted by molar-refractivity contribution is 7.89. The minimum absolute atomic E-state index is 0.177. The van der Waals surface area contributed by atoms with Crippen molar-refractivity contribution in [2.45, 2.75) is 19.5 Å². The zero-order chi connectivity index (χ0) is 15.6. The number of halogens is 2. The number of hydrogen-bond acceptors (Lipinski definition) is 4. The number of rotatable bonds is 5. The van der Waals surface area contributed by atoms with Gasteiger partial charge >= 0.3 is 0 Å². The van der Waals surface area contributed by atoms with Crippen molar-refractivity contribution in [2.75, 3.05) is 12.3 Å². The van der Waals surface area contributed by atoms with Crippen molar-refractivity contribution >= 4 is 15.6 Å². The van der Waals surface area contributed by atoms with Crippen molar-refractivity contribution in [2.24, 2.45) is 5.14 Å². The normalized spacial score (nSPS) is 15.9. The molecule has 4 N–H and O–H groups in total. The number of sulfonamides is 1. The Morgan fingerprint density at radius 2 is 2.05 bits per heavy atom. The van der Waals surface area contributed by atoms with E-state index < -0.39 is 21.7 Å². The largest absolute Gasteiger partial charge is 0.387 e. The maximum absolute atomic E-state index is 13.4. The molecule has 21 heavy (non-hydrogen) atoms. The maximum atomic E-state index is 13.4. The zero-order valence-electron chi connectivity index (χ0n) is 11.5. The van der Waals surface area contributed by atoms with Gasteiger partial charge in [0.05, 0.1) is 5.75 Å². The molecule has 0 radical (unpaired) electrons. The molecule has 2 rings (SSSR count). The Morgan fingerprint density at radius 1 is 1.38 bits per heavy atom. The first-order valence-corrected chi connectivity index (χ1v) is 8.15. The highest BCUT2D eigenvalue weighted by Crippen LogP contribution is 2.27. The monoisotopic (exact) mass is 317 g/mol. The Hall–Kier alpha value is -1.51. The second-order valence-electron chi connectivity index (χ2n) is 4.95. The van der Waals surface area contributed by atoms with Crippen LogP contribution in [0.3, 0.4) is 0 Å². The summed E-state index contributed by atoms with van der Waals surface area (Å²) in [5.41, 5.74) is 2.01. The third kappa shape index (κ3) is 3.99. The lowest BCUT2D eigenvalue weighted by atomic mass is 9.93. The van der Waals surface area contributed by atoms with Gasteiger partial charge in [-0.1, -0.05) is 0 Å².